The van der Waals surface area contributed by atoms with Gasteiger partial charge in [-0.3, -0.25) is 4.79 Å². The van der Waals surface area contributed by atoms with Gasteiger partial charge in [0.2, 0.25) is 5.89 Å². The number of carbonyl (C=O) groups is 1. The van der Waals surface area contributed by atoms with Crippen molar-refractivity contribution in [1.29, 1.82) is 0 Å². The van der Waals surface area contributed by atoms with Crippen LogP contribution < -0.4 is 5.32 Å². The van der Waals surface area contributed by atoms with Gasteiger partial charge in [0.05, 0.1) is 5.69 Å². The first-order valence-corrected chi connectivity index (χ1v) is 7.68. The van der Waals surface area contributed by atoms with Gasteiger partial charge in [-0.25, -0.2) is 9.37 Å². The first-order valence-electron chi connectivity index (χ1n) is 7.68. The van der Waals surface area contributed by atoms with E-state index in [1.807, 2.05) is 30.3 Å². The molecular formula is C19H17FN2O2. The van der Waals surface area contributed by atoms with E-state index >= 15 is 0 Å². The number of nitrogens with zero attached hydrogens (tertiary/aromatic N) is 1. The third-order valence-electron chi connectivity index (χ3n) is 3.75. The lowest BCUT2D eigenvalue weighted by Gasteiger charge is -2.07. The van der Waals surface area contributed by atoms with E-state index in [2.05, 4.69) is 10.3 Å². The number of hydrogen-bond donors (Lipinski definition) is 1. The molecule has 1 heterocycles. The van der Waals surface area contributed by atoms with Gasteiger partial charge in [0.1, 0.15) is 12.1 Å². The Kier molecular flexibility index (Phi) is 4.70. The molecular weight excluding hydrogens is 307 g/mol. The van der Waals surface area contributed by atoms with Crippen molar-refractivity contribution in [2.24, 2.45) is 0 Å². The predicted molar refractivity (Wildman–Crippen MR) is 89.1 cm³/mol. The summed E-state index contributed by atoms with van der Waals surface area (Å²) in [6, 6.07) is 14.1. The van der Waals surface area contributed by atoms with Crippen LogP contribution in [0.5, 0.6) is 0 Å². The molecule has 0 atom stereocenters. The van der Waals surface area contributed by atoms with Crippen LogP contribution in [0.1, 0.15) is 21.6 Å². The number of carbonyl (C=O) groups excluding carboxylic acids is 1. The van der Waals surface area contributed by atoms with Crippen molar-refractivity contribution >= 4 is 5.91 Å². The van der Waals surface area contributed by atoms with Gasteiger partial charge in [0.25, 0.3) is 5.91 Å². The molecule has 0 aliphatic rings. The van der Waals surface area contributed by atoms with Crippen LogP contribution in [0.15, 0.2) is 59.2 Å². The number of hydrogen-bond acceptors (Lipinski definition) is 3. The van der Waals surface area contributed by atoms with E-state index in [-0.39, 0.29) is 11.7 Å². The molecule has 3 aromatic rings. The molecule has 0 spiro atoms. The standard InChI is InChI=1S/C19H17FN2O2/c1-13-16(8-5-9-17(13)20)18(23)21-11-10-15-12-24-19(22-15)14-6-3-2-4-7-14/h2-9,12H,10-11H2,1H3,(H,21,23). The van der Waals surface area contributed by atoms with E-state index in [1.54, 1.807) is 19.3 Å². The summed E-state index contributed by atoms with van der Waals surface area (Å²) in [6.07, 6.45) is 2.12. The molecule has 0 unspecified atom stereocenters. The molecule has 1 amide bonds. The Morgan fingerprint density at radius 2 is 1.96 bits per heavy atom. The molecule has 1 aromatic heterocycles. The van der Waals surface area contributed by atoms with Crippen LogP contribution in [0.2, 0.25) is 0 Å². The summed E-state index contributed by atoms with van der Waals surface area (Å²) in [6.45, 7) is 1.99. The SMILES string of the molecule is Cc1c(F)cccc1C(=O)NCCc1coc(-c2ccccc2)n1. The van der Waals surface area contributed by atoms with E-state index in [1.165, 1.54) is 12.1 Å². The molecule has 0 aliphatic heterocycles. The Labute approximate surface area is 139 Å². The number of oxazole rings is 1. The zero-order chi connectivity index (χ0) is 16.9. The van der Waals surface area contributed by atoms with Gasteiger partial charge in [0.15, 0.2) is 0 Å². The number of nitrogens with one attached hydrogen (secondary N) is 1. The predicted octanol–water partition coefficient (Wildman–Crippen LogP) is 3.76. The monoisotopic (exact) mass is 324 g/mol. The molecule has 0 bridgehead atoms. The largest absolute Gasteiger partial charge is 0.444 e. The summed E-state index contributed by atoms with van der Waals surface area (Å²) in [4.78, 5) is 16.5. The molecule has 0 saturated heterocycles. The molecule has 0 saturated carbocycles. The summed E-state index contributed by atoms with van der Waals surface area (Å²) < 4.78 is 18.9. The third-order valence-corrected chi connectivity index (χ3v) is 3.75. The molecule has 0 radical (unpaired) electrons. The summed E-state index contributed by atoms with van der Waals surface area (Å²) >= 11 is 0. The van der Waals surface area contributed by atoms with E-state index in [0.717, 1.165) is 11.3 Å². The van der Waals surface area contributed by atoms with Gasteiger partial charge >= 0.3 is 0 Å². The van der Waals surface area contributed by atoms with Crippen molar-refractivity contribution in [3.05, 3.63) is 77.4 Å². The molecule has 4 nitrogen and oxygen atoms in total. The van der Waals surface area contributed by atoms with Gasteiger partial charge in [-0.1, -0.05) is 24.3 Å². The summed E-state index contributed by atoms with van der Waals surface area (Å²) in [5.41, 5.74) is 2.36. The Hall–Kier alpha value is -2.95. The topological polar surface area (TPSA) is 55.1 Å². The first kappa shape index (κ1) is 15.9. The van der Waals surface area contributed by atoms with Crippen molar-refractivity contribution in [3.63, 3.8) is 0 Å². The van der Waals surface area contributed by atoms with E-state index in [4.69, 9.17) is 4.42 Å². The maximum absolute atomic E-state index is 13.5. The van der Waals surface area contributed by atoms with Crippen molar-refractivity contribution < 1.29 is 13.6 Å². The fourth-order valence-electron chi connectivity index (χ4n) is 2.39. The highest BCUT2D eigenvalue weighted by molar-refractivity contribution is 5.95. The number of halogens is 1. The van der Waals surface area contributed by atoms with Gasteiger partial charge in [-0.2, -0.15) is 0 Å². The number of aromatic nitrogens is 1. The van der Waals surface area contributed by atoms with Gasteiger partial charge in [-0.15, -0.1) is 0 Å². The average molecular weight is 324 g/mol. The highest BCUT2D eigenvalue weighted by Gasteiger charge is 2.12. The summed E-state index contributed by atoms with van der Waals surface area (Å²) in [5.74, 6) is -0.122. The zero-order valence-electron chi connectivity index (χ0n) is 13.3. The van der Waals surface area contributed by atoms with Crippen molar-refractivity contribution in [1.82, 2.24) is 10.3 Å². The second kappa shape index (κ2) is 7.08. The van der Waals surface area contributed by atoms with Gasteiger partial charge < -0.3 is 9.73 Å². The van der Waals surface area contributed by atoms with Crippen LogP contribution in [-0.2, 0) is 6.42 Å². The molecule has 2 aromatic carbocycles. The lowest BCUT2D eigenvalue weighted by atomic mass is 10.1. The van der Waals surface area contributed by atoms with E-state index in [9.17, 15) is 9.18 Å². The Morgan fingerprint density at radius 1 is 1.17 bits per heavy atom. The maximum Gasteiger partial charge on any atom is 0.251 e. The fourth-order valence-corrected chi connectivity index (χ4v) is 2.39. The molecule has 0 aliphatic carbocycles. The molecule has 1 N–H and O–H groups in total. The number of benzene rings is 2. The third kappa shape index (κ3) is 3.51. The lowest BCUT2D eigenvalue weighted by Crippen LogP contribution is -2.26. The summed E-state index contributed by atoms with van der Waals surface area (Å²) in [5, 5.41) is 2.78. The number of rotatable bonds is 5. The normalized spacial score (nSPS) is 10.6. The highest BCUT2D eigenvalue weighted by atomic mass is 19.1. The zero-order valence-corrected chi connectivity index (χ0v) is 13.3. The van der Waals surface area contributed by atoms with E-state index < -0.39 is 0 Å². The minimum Gasteiger partial charge on any atom is -0.444 e. The highest BCUT2D eigenvalue weighted by Crippen LogP contribution is 2.18. The van der Waals surface area contributed by atoms with Crippen LogP contribution in [0.4, 0.5) is 4.39 Å². The van der Waals surface area contributed by atoms with Gasteiger partial charge in [0, 0.05) is 24.1 Å². The molecule has 3 rings (SSSR count). The quantitative estimate of drug-likeness (QED) is 0.777. The lowest BCUT2D eigenvalue weighted by molar-refractivity contribution is 0.0953. The van der Waals surface area contributed by atoms with Crippen molar-refractivity contribution in [3.8, 4) is 11.5 Å². The molecule has 0 fully saturated rings. The average Bonchev–Trinajstić information content (AvgIpc) is 3.07. The van der Waals surface area contributed by atoms with E-state index in [0.29, 0.717) is 30.0 Å². The smallest absolute Gasteiger partial charge is 0.251 e. The Morgan fingerprint density at radius 3 is 2.75 bits per heavy atom. The van der Waals surface area contributed by atoms with Crippen LogP contribution in [0.25, 0.3) is 11.5 Å². The van der Waals surface area contributed by atoms with Crippen LogP contribution >= 0.6 is 0 Å². The first-order chi connectivity index (χ1) is 11.6. The fraction of sp³-hybridized carbons (Fsp3) is 0.158. The Bertz CT molecular complexity index is 844. The second-order valence-corrected chi connectivity index (χ2v) is 5.43. The van der Waals surface area contributed by atoms with Gasteiger partial charge in [-0.05, 0) is 36.8 Å². The van der Waals surface area contributed by atoms with Crippen molar-refractivity contribution in [2.75, 3.05) is 6.54 Å². The van der Waals surface area contributed by atoms with Crippen LogP contribution in [-0.4, -0.2) is 17.4 Å². The number of amides is 1. The minimum absolute atomic E-state index is 0.293. The molecule has 5 heteroatoms. The molecule has 24 heavy (non-hydrogen) atoms. The van der Waals surface area contributed by atoms with Crippen molar-refractivity contribution in [2.45, 2.75) is 13.3 Å². The summed E-state index contributed by atoms with van der Waals surface area (Å²) in [7, 11) is 0. The molecule has 122 valence electrons. The van der Waals surface area contributed by atoms with Crippen LogP contribution in [0, 0.1) is 12.7 Å². The second-order valence-electron chi connectivity index (χ2n) is 5.43. The van der Waals surface area contributed by atoms with Crippen LogP contribution in [0.3, 0.4) is 0 Å². The maximum atomic E-state index is 13.5. The Balaban J connectivity index is 1.58. The minimum atomic E-state index is -0.383.